The van der Waals surface area contributed by atoms with Crippen LogP contribution in [0, 0.1) is 0 Å². The highest BCUT2D eigenvalue weighted by Crippen LogP contribution is 2.01. The van der Waals surface area contributed by atoms with Gasteiger partial charge in [-0.3, -0.25) is 0 Å². The van der Waals surface area contributed by atoms with E-state index in [2.05, 4.69) is 34.5 Å². The average Bonchev–Trinajstić information content (AvgIpc) is 3.00. The van der Waals surface area contributed by atoms with Crippen LogP contribution in [0.2, 0.25) is 0 Å². The third kappa shape index (κ3) is 10.0. The van der Waals surface area contributed by atoms with Crippen LogP contribution >= 0.6 is 24.0 Å². The van der Waals surface area contributed by atoms with E-state index in [1.807, 2.05) is 12.1 Å². The Morgan fingerprint density at radius 2 is 2.18 bits per heavy atom. The van der Waals surface area contributed by atoms with Gasteiger partial charge in [0, 0.05) is 26.7 Å². The normalized spacial score (nSPS) is 11.4. The fraction of sp³-hybridized carbons (Fsp3) is 0.667. The Balaban J connectivity index is 0.00000441. The molecule has 0 saturated heterocycles. The van der Waals surface area contributed by atoms with E-state index in [1.165, 1.54) is 0 Å². The first kappa shape index (κ1) is 21.2. The van der Waals surface area contributed by atoms with Crippen LogP contribution in [0.4, 0.5) is 0 Å². The van der Waals surface area contributed by atoms with Crippen LogP contribution in [0.3, 0.4) is 0 Å². The Labute approximate surface area is 150 Å². The molecule has 0 saturated carbocycles. The number of hydrogen-bond acceptors (Lipinski definition) is 4. The lowest BCUT2D eigenvalue weighted by molar-refractivity contribution is 0.161. The molecule has 7 heteroatoms. The summed E-state index contributed by atoms with van der Waals surface area (Å²) in [6, 6.07) is 3.80. The molecule has 1 rings (SSSR count). The zero-order valence-electron chi connectivity index (χ0n) is 13.8. The molecule has 0 radical (unpaired) electrons. The number of rotatable bonds is 10. The standard InChI is InChI=1S/C15H28N4O2.HI/c1-4-16-15(18-13-14-7-5-11-21-14)17-8-6-9-19(2)10-12-20-3;/h5,7,11H,4,6,8-10,12-13H2,1-3H3,(H2,16,17,18);1H. The van der Waals surface area contributed by atoms with Gasteiger partial charge in [-0.15, -0.1) is 24.0 Å². The zero-order valence-corrected chi connectivity index (χ0v) is 16.1. The quantitative estimate of drug-likeness (QED) is 0.260. The molecule has 1 aromatic rings. The molecule has 6 nitrogen and oxygen atoms in total. The van der Waals surface area contributed by atoms with Gasteiger partial charge in [-0.25, -0.2) is 4.99 Å². The van der Waals surface area contributed by atoms with E-state index >= 15 is 0 Å². The van der Waals surface area contributed by atoms with E-state index in [-0.39, 0.29) is 24.0 Å². The third-order valence-electron chi connectivity index (χ3n) is 3.00. The maximum absolute atomic E-state index is 5.28. The predicted molar refractivity (Wildman–Crippen MR) is 101 cm³/mol. The molecule has 0 spiro atoms. The molecule has 2 N–H and O–H groups in total. The number of furan rings is 1. The average molecular weight is 424 g/mol. The summed E-state index contributed by atoms with van der Waals surface area (Å²) in [5, 5.41) is 6.56. The first-order chi connectivity index (χ1) is 10.3. The monoisotopic (exact) mass is 424 g/mol. The van der Waals surface area contributed by atoms with Gasteiger partial charge >= 0.3 is 0 Å². The molecule has 0 unspecified atom stereocenters. The van der Waals surface area contributed by atoms with Crippen molar-refractivity contribution in [2.45, 2.75) is 19.9 Å². The van der Waals surface area contributed by atoms with E-state index in [0.717, 1.165) is 50.9 Å². The minimum absolute atomic E-state index is 0. The molecule has 0 bridgehead atoms. The molecule has 0 aliphatic heterocycles. The Hall–Kier alpha value is -0.800. The van der Waals surface area contributed by atoms with Gasteiger partial charge in [0.25, 0.3) is 0 Å². The minimum atomic E-state index is 0. The van der Waals surface area contributed by atoms with Gasteiger partial charge in [0.15, 0.2) is 5.96 Å². The lowest BCUT2D eigenvalue weighted by atomic mass is 10.4. The largest absolute Gasteiger partial charge is 0.467 e. The highest BCUT2D eigenvalue weighted by Gasteiger charge is 2.00. The number of ether oxygens (including phenoxy) is 1. The summed E-state index contributed by atoms with van der Waals surface area (Å²) in [4.78, 5) is 6.75. The maximum atomic E-state index is 5.28. The summed E-state index contributed by atoms with van der Waals surface area (Å²) in [5.41, 5.74) is 0. The van der Waals surface area contributed by atoms with Crippen LogP contribution in [0.5, 0.6) is 0 Å². The van der Waals surface area contributed by atoms with Gasteiger partial charge < -0.3 is 24.7 Å². The molecule has 0 fully saturated rings. The second kappa shape index (κ2) is 13.8. The summed E-state index contributed by atoms with van der Waals surface area (Å²) >= 11 is 0. The van der Waals surface area contributed by atoms with E-state index in [4.69, 9.17) is 9.15 Å². The van der Waals surface area contributed by atoms with E-state index in [0.29, 0.717) is 6.54 Å². The van der Waals surface area contributed by atoms with Crippen LogP contribution in [-0.4, -0.2) is 57.8 Å². The van der Waals surface area contributed by atoms with Crippen molar-refractivity contribution >= 4 is 29.9 Å². The number of halogens is 1. The van der Waals surface area contributed by atoms with Gasteiger partial charge in [-0.1, -0.05) is 0 Å². The Kier molecular flexibility index (Phi) is 13.3. The number of hydrogen-bond donors (Lipinski definition) is 2. The molecule has 22 heavy (non-hydrogen) atoms. The highest BCUT2D eigenvalue weighted by atomic mass is 127. The number of nitrogens with one attached hydrogen (secondary N) is 2. The van der Waals surface area contributed by atoms with Crippen molar-refractivity contribution in [3.05, 3.63) is 24.2 Å². The lowest BCUT2D eigenvalue weighted by Gasteiger charge is -2.16. The summed E-state index contributed by atoms with van der Waals surface area (Å²) in [6.07, 6.45) is 2.73. The van der Waals surface area contributed by atoms with Crippen LogP contribution in [0.15, 0.2) is 27.8 Å². The van der Waals surface area contributed by atoms with E-state index < -0.39 is 0 Å². The Bertz CT molecular complexity index is 385. The molecule has 0 amide bonds. The number of guanidine groups is 1. The van der Waals surface area contributed by atoms with Crippen LogP contribution in [-0.2, 0) is 11.3 Å². The van der Waals surface area contributed by atoms with Crippen molar-refractivity contribution in [3.63, 3.8) is 0 Å². The lowest BCUT2D eigenvalue weighted by Crippen LogP contribution is -2.38. The van der Waals surface area contributed by atoms with Crippen molar-refractivity contribution in [1.29, 1.82) is 0 Å². The number of aliphatic imine (C=N–C) groups is 1. The van der Waals surface area contributed by atoms with Gasteiger partial charge in [-0.2, -0.15) is 0 Å². The summed E-state index contributed by atoms with van der Waals surface area (Å²) in [5.74, 6) is 1.69. The van der Waals surface area contributed by atoms with Crippen molar-refractivity contribution in [2.24, 2.45) is 4.99 Å². The molecule has 1 aromatic heterocycles. The zero-order chi connectivity index (χ0) is 15.3. The molecule has 1 heterocycles. The van der Waals surface area contributed by atoms with Gasteiger partial charge in [-0.05, 0) is 39.1 Å². The second-order valence-corrected chi connectivity index (χ2v) is 4.85. The highest BCUT2D eigenvalue weighted by molar-refractivity contribution is 14.0. The minimum Gasteiger partial charge on any atom is -0.467 e. The molecule has 128 valence electrons. The summed E-state index contributed by atoms with van der Waals surface area (Å²) in [6.45, 7) is 7.12. The van der Waals surface area contributed by atoms with E-state index in [9.17, 15) is 0 Å². The third-order valence-corrected chi connectivity index (χ3v) is 3.00. The van der Waals surface area contributed by atoms with Gasteiger partial charge in [0.1, 0.15) is 12.3 Å². The smallest absolute Gasteiger partial charge is 0.191 e. The van der Waals surface area contributed by atoms with E-state index in [1.54, 1.807) is 13.4 Å². The van der Waals surface area contributed by atoms with Crippen LogP contribution in [0.1, 0.15) is 19.1 Å². The Morgan fingerprint density at radius 3 is 2.82 bits per heavy atom. The second-order valence-electron chi connectivity index (χ2n) is 4.85. The topological polar surface area (TPSA) is 62.0 Å². The SMILES string of the molecule is CCNC(=NCc1ccco1)NCCCN(C)CCOC.I. The van der Waals surface area contributed by atoms with Crippen molar-refractivity contribution in [2.75, 3.05) is 46.9 Å². The molecular weight excluding hydrogens is 395 g/mol. The first-order valence-corrected chi connectivity index (χ1v) is 7.48. The van der Waals surface area contributed by atoms with Crippen molar-refractivity contribution < 1.29 is 9.15 Å². The predicted octanol–water partition coefficient (Wildman–Crippen LogP) is 1.92. The molecular formula is C15H29IN4O2. The van der Waals surface area contributed by atoms with Crippen molar-refractivity contribution in [3.8, 4) is 0 Å². The summed E-state index contributed by atoms with van der Waals surface area (Å²) < 4.78 is 10.3. The molecule has 0 aromatic carbocycles. The first-order valence-electron chi connectivity index (χ1n) is 7.48. The molecule has 0 aliphatic rings. The fourth-order valence-corrected chi connectivity index (χ4v) is 1.82. The van der Waals surface area contributed by atoms with Crippen LogP contribution in [0.25, 0.3) is 0 Å². The van der Waals surface area contributed by atoms with Gasteiger partial charge in [0.05, 0.1) is 12.9 Å². The Morgan fingerprint density at radius 1 is 1.36 bits per heavy atom. The molecule has 0 aliphatic carbocycles. The van der Waals surface area contributed by atoms with Crippen LogP contribution < -0.4 is 10.6 Å². The molecule has 0 atom stereocenters. The summed E-state index contributed by atoms with van der Waals surface area (Å²) in [7, 11) is 3.84. The number of nitrogens with zero attached hydrogens (tertiary/aromatic N) is 2. The number of likely N-dealkylation sites (N-methyl/N-ethyl adjacent to an activating group) is 1. The van der Waals surface area contributed by atoms with Gasteiger partial charge in [0.2, 0.25) is 0 Å². The van der Waals surface area contributed by atoms with Crippen molar-refractivity contribution in [1.82, 2.24) is 15.5 Å². The fourth-order valence-electron chi connectivity index (χ4n) is 1.82. The maximum Gasteiger partial charge on any atom is 0.191 e. The number of methoxy groups -OCH3 is 1.